The predicted molar refractivity (Wildman–Crippen MR) is 101 cm³/mol. The van der Waals surface area contributed by atoms with Crippen LogP contribution in [0.2, 0.25) is 0 Å². The van der Waals surface area contributed by atoms with Crippen LogP contribution in [0.5, 0.6) is 0 Å². The molecule has 1 aromatic heterocycles. The Kier molecular flexibility index (Phi) is 5.30. The van der Waals surface area contributed by atoms with Gasteiger partial charge in [0.05, 0.1) is 11.1 Å². The molecule has 3 aromatic rings. The fourth-order valence-corrected chi connectivity index (χ4v) is 2.49. The van der Waals surface area contributed by atoms with Crippen LogP contribution in [0, 0.1) is 13.8 Å². The minimum absolute atomic E-state index is 0.0393. The number of nitrogens with one attached hydrogen (secondary N) is 2. The third-order valence-electron chi connectivity index (χ3n) is 4.21. The number of rotatable bonds is 4. The number of aromatic nitrogens is 2. The summed E-state index contributed by atoms with van der Waals surface area (Å²) in [5.74, 6) is -0.290. The summed E-state index contributed by atoms with van der Waals surface area (Å²) in [7, 11) is 0. The predicted octanol–water partition coefficient (Wildman–Crippen LogP) is 5.11. The number of carbonyl (C=O) groups excluding carboxylic acids is 1. The van der Waals surface area contributed by atoms with Crippen molar-refractivity contribution >= 4 is 23.2 Å². The molecule has 144 valence electrons. The van der Waals surface area contributed by atoms with Gasteiger partial charge in [-0.25, -0.2) is 9.97 Å². The number of anilines is 3. The molecule has 3 rings (SSSR count). The number of hydrogen-bond acceptors (Lipinski definition) is 4. The molecule has 0 aliphatic carbocycles. The second kappa shape index (κ2) is 7.67. The van der Waals surface area contributed by atoms with Crippen molar-refractivity contribution in [3.63, 3.8) is 0 Å². The first-order chi connectivity index (χ1) is 13.2. The highest BCUT2D eigenvalue weighted by molar-refractivity contribution is 6.03. The van der Waals surface area contributed by atoms with Crippen molar-refractivity contribution in [3.8, 4) is 0 Å². The number of halogens is 3. The Bertz CT molecular complexity index is 1000. The molecule has 5 nitrogen and oxygen atoms in total. The molecule has 1 heterocycles. The molecule has 0 bridgehead atoms. The van der Waals surface area contributed by atoms with Gasteiger partial charge in [0.1, 0.15) is 0 Å². The van der Waals surface area contributed by atoms with Crippen molar-refractivity contribution in [2.75, 3.05) is 10.6 Å². The maximum Gasteiger partial charge on any atom is 0.416 e. The smallest absolute Gasteiger partial charge is 0.324 e. The van der Waals surface area contributed by atoms with Crippen LogP contribution in [0.1, 0.15) is 27.0 Å². The van der Waals surface area contributed by atoms with Gasteiger partial charge in [-0.05, 0) is 49.2 Å². The summed E-state index contributed by atoms with van der Waals surface area (Å²) in [6.07, 6.45) is -1.86. The van der Waals surface area contributed by atoms with Crippen LogP contribution in [0.15, 0.2) is 54.9 Å². The first kappa shape index (κ1) is 19.3. The topological polar surface area (TPSA) is 66.9 Å². The quantitative estimate of drug-likeness (QED) is 0.654. The van der Waals surface area contributed by atoms with E-state index in [0.717, 1.165) is 28.9 Å². The number of hydrogen-bond donors (Lipinski definition) is 2. The van der Waals surface area contributed by atoms with Crippen molar-refractivity contribution < 1.29 is 18.0 Å². The molecule has 0 aliphatic heterocycles. The number of carbonyl (C=O) groups is 1. The van der Waals surface area contributed by atoms with Gasteiger partial charge in [0.25, 0.3) is 5.91 Å². The number of alkyl halides is 3. The van der Waals surface area contributed by atoms with E-state index in [9.17, 15) is 18.0 Å². The molecule has 0 radical (unpaired) electrons. The second-order valence-electron chi connectivity index (χ2n) is 6.20. The highest BCUT2D eigenvalue weighted by Crippen LogP contribution is 2.30. The zero-order valence-electron chi connectivity index (χ0n) is 15.1. The Morgan fingerprint density at radius 1 is 1.00 bits per heavy atom. The maximum absolute atomic E-state index is 12.8. The zero-order chi connectivity index (χ0) is 20.3. The van der Waals surface area contributed by atoms with E-state index in [1.807, 2.05) is 32.0 Å². The van der Waals surface area contributed by atoms with Crippen LogP contribution in [-0.2, 0) is 6.18 Å². The summed E-state index contributed by atoms with van der Waals surface area (Å²) in [6, 6.07) is 10.2. The van der Waals surface area contributed by atoms with Crippen LogP contribution in [0.4, 0.5) is 30.5 Å². The molecular formula is C20H17F3N4O. The van der Waals surface area contributed by atoms with E-state index in [1.165, 1.54) is 24.5 Å². The van der Waals surface area contributed by atoms with E-state index >= 15 is 0 Å². The molecular weight excluding hydrogens is 369 g/mol. The van der Waals surface area contributed by atoms with Crippen molar-refractivity contribution in [2.24, 2.45) is 0 Å². The molecule has 8 heteroatoms. The summed E-state index contributed by atoms with van der Waals surface area (Å²) >= 11 is 0. The summed E-state index contributed by atoms with van der Waals surface area (Å²) in [5, 5.41) is 5.49. The first-order valence-corrected chi connectivity index (χ1v) is 8.38. The fourth-order valence-electron chi connectivity index (χ4n) is 2.49. The first-order valence-electron chi connectivity index (χ1n) is 8.38. The van der Waals surface area contributed by atoms with Crippen molar-refractivity contribution in [2.45, 2.75) is 20.0 Å². The van der Waals surface area contributed by atoms with E-state index in [1.54, 1.807) is 0 Å². The van der Waals surface area contributed by atoms with Gasteiger partial charge in [-0.15, -0.1) is 0 Å². The van der Waals surface area contributed by atoms with E-state index in [2.05, 4.69) is 20.6 Å². The third kappa shape index (κ3) is 4.46. The summed E-state index contributed by atoms with van der Waals surface area (Å²) < 4.78 is 38.3. The van der Waals surface area contributed by atoms with Gasteiger partial charge in [-0.3, -0.25) is 4.79 Å². The lowest BCUT2D eigenvalue weighted by molar-refractivity contribution is -0.137. The minimum Gasteiger partial charge on any atom is -0.324 e. The molecule has 0 fully saturated rings. The number of nitrogens with zero attached hydrogens (tertiary/aromatic N) is 2. The largest absolute Gasteiger partial charge is 0.416 e. The van der Waals surface area contributed by atoms with Gasteiger partial charge in [-0.2, -0.15) is 13.2 Å². The standard InChI is InChI=1S/C20H17F3N4O/c1-12-5-3-8-17(13(12)2)27-19-24-10-14(11-25-19)18(28)26-16-7-4-6-15(9-16)20(21,22)23/h3-11H,1-2H3,(H,26,28)(H,24,25,27). The van der Waals surface area contributed by atoms with E-state index < -0.39 is 17.6 Å². The SMILES string of the molecule is Cc1cccc(Nc2ncc(C(=O)Nc3cccc(C(F)(F)F)c3)cn2)c1C. The number of aryl methyl sites for hydroxylation is 1. The monoisotopic (exact) mass is 386 g/mol. The minimum atomic E-state index is -4.48. The molecule has 2 N–H and O–H groups in total. The lowest BCUT2D eigenvalue weighted by Gasteiger charge is -2.11. The van der Waals surface area contributed by atoms with Gasteiger partial charge < -0.3 is 10.6 Å². The highest BCUT2D eigenvalue weighted by atomic mass is 19.4. The highest BCUT2D eigenvalue weighted by Gasteiger charge is 2.30. The van der Waals surface area contributed by atoms with E-state index in [0.29, 0.717) is 5.95 Å². The molecule has 0 unspecified atom stereocenters. The summed E-state index contributed by atoms with van der Waals surface area (Å²) in [5.41, 5.74) is 2.34. The van der Waals surface area contributed by atoms with Gasteiger partial charge in [0.2, 0.25) is 5.95 Å². The molecule has 0 atom stereocenters. The van der Waals surface area contributed by atoms with E-state index in [-0.39, 0.29) is 11.3 Å². The lowest BCUT2D eigenvalue weighted by Crippen LogP contribution is -2.14. The summed E-state index contributed by atoms with van der Waals surface area (Å²) in [4.78, 5) is 20.5. The van der Waals surface area contributed by atoms with Crippen LogP contribution in [0.3, 0.4) is 0 Å². The lowest BCUT2D eigenvalue weighted by atomic mass is 10.1. The molecule has 0 aliphatic rings. The molecule has 28 heavy (non-hydrogen) atoms. The Morgan fingerprint density at radius 3 is 2.36 bits per heavy atom. The average Bonchev–Trinajstić information content (AvgIpc) is 2.65. The van der Waals surface area contributed by atoms with Gasteiger partial charge >= 0.3 is 6.18 Å². The normalized spacial score (nSPS) is 11.2. The van der Waals surface area contributed by atoms with Gasteiger partial charge in [-0.1, -0.05) is 18.2 Å². The van der Waals surface area contributed by atoms with Crippen molar-refractivity contribution in [1.29, 1.82) is 0 Å². The molecule has 0 spiro atoms. The zero-order valence-corrected chi connectivity index (χ0v) is 15.1. The summed E-state index contributed by atoms with van der Waals surface area (Å²) in [6.45, 7) is 3.96. The van der Waals surface area contributed by atoms with Crippen LogP contribution < -0.4 is 10.6 Å². The maximum atomic E-state index is 12.8. The molecule has 0 saturated carbocycles. The van der Waals surface area contributed by atoms with Crippen LogP contribution >= 0.6 is 0 Å². The second-order valence-corrected chi connectivity index (χ2v) is 6.20. The number of amides is 1. The Morgan fingerprint density at radius 2 is 1.68 bits per heavy atom. The van der Waals surface area contributed by atoms with E-state index in [4.69, 9.17) is 0 Å². The fraction of sp³-hybridized carbons (Fsp3) is 0.150. The Hall–Kier alpha value is -3.42. The van der Waals surface area contributed by atoms with Gasteiger partial charge in [0.15, 0.2) is 0 Å². The Balaban J connectivity index is 1.71. The van der Waals surface area contributed by atoms with Crippen molar-refractivity contribution in [1.82, 2.24) is 9.97 Å². The molecule has 0 saturated heterocycles. The average molecular weight is 386 g/mol. The van der Waals surface area contributed by atoms with Crippen LogP contribution in [-0.4, -0.2) is 15.9 Å². The molecule has 2 aromatic carbocycles. The van der Waals surface area contributed by atoms with Gasteiger partial charge in [0, 0.05) is 23.8 Å². The Labute approximate surface area is 159 Å². The van der Waals surface area contributed by atoms with Crippen LogP contribution in [0.25, 0.3) is 0 Å². The molecule has 1 amide bonds. The van der Waals surface area contributed by atoms with Crippen molar-refractivity contribution in [3.05, 3.63) is 77.1 Å². The number of benzene rings is 2. The third-order valence-corrected chi connectivity index (χ3v) is 4.21.